The number of benzene rings is 1. The zero-order chi connectivity index (χ0) is 22.7. The van der Waals surface area contributed by atoms with Gasteiger partial charge in [-0.25, -0.2) is 18.2 Å². The Morgan fingerprint density at radius 1 is 1.16 bits per heavy atom. The molecule has 1 atom stereocenters. The van der Waals surface area contributed by atoms with Gasteiger partial charge in [0.05, 0.1) is 12.8 Å². The number of hydrogen-bond donors (Lipinski definition) is 1. The van der Waals surface area contributed by atoms with Crippen LogP contribution >= 0.6 is 11.3 Å². The Kier molecular flexibility index (Phi) is 6.42. The number of tetrazole rings is 1. The molecular weight excluding hydrogens is 443 g/mol. The summed E-state index contributed by atoms with van der Waals surface area (Å²) in [5.41, 5.74) is 1.33. The van der Waals surface area contributed by atoms with Gasteiger partial charge in [0.1, 0.15) is 23.3 Å². The van der Waals surface area contributed by atoms with Gasteiger partial charge in [0.15, 0.2) is 10.8 Å². The maximum atomic E-state index is 14.8. The first-order chi connectivity index (χ1) is 15.5. The number of nitrogens with zero attached hydrogens (tertiary/aromatic N) is 6. The minimum atomic E-state index is -2.65. The lowest BCUT2D eigenvalue weighted by Crippen LogP contribution is -2.27. The Morgan fingerprint density at radius 2 is 1.94 bits per heavy atom. The molecule has 1 N–H and O–H groups in total. The van der Waals surface area contributed by atoms with Gasteiger partial charge in [-0.15, -0.1) is 16.4 Å². The number of thiazole rings is 1. The summed E-state index contributed by atoms with van der Waals surface area (Å²) in [6.07, 6.45) is -1.29. The van der Waals surface area contributed by atoms with E-state index in [-0.39, 0.29) is 23.1 Å². The summed E-state index contributed by atoms with van der Waals surface area (Å²) >= 11 is 0.877. The summed E-state index contributed by atoms with van der Waals surface area (Å²) in [6.45, 7) is 1.88. The van der Waals surface area contributed by atoms with E-state index in [0.717, 1.165) is 11.3 Å². The van der Waals surface area contributed by atoms with Crippen molar-refractivity contribution >= 4 is 11.3 Å². The van der Waals surface area contributed by atoms with Crippen LogP contribution in [0.2, 0.25) is 0 Å². The van der Waals surface area contributed by atoms with Gasteiger partial charge in [-0.2, -0.15) is 4.68 Å². The summed E-state index contributed by atoms with van der Waals surface area (Å²) in [5.74, 6) is 0.394. The number of ether oxygens (including phenoxy) is 1. The minimum Gasteiger partial charge on any atom is -0.497 e. The Bertz CT molecular complexity index is 1200. The second-order valence-electron chi connectivity index (χ2n) is 6.75. The molecule has 32 heavy (non-hydrogen) atoms. The van der Waals surface area contributed by atoms with Crippen LogP contribution in [0, 0.1) is 12.7 Å². The van der Waals surface area contributed by atoms with Crippen LogP contribution in [0.15, 0.2) is 42.6 Å². The van der Waals surface area contributed by atoms with E-state index in [1.807, 2.05) is 0 Å². The maximum absolute atomic E-state index is 14.8. The molecule has 3 aromatic heterocycles. The lowest BCUT2D eigenvalue weighted by atomic mass is 10.1. The third-order valence-electron chi connectivity index (χ3n) is 4.59. The van der Waals surface area contributed by atoms with Crippen molar-refractivity contribution in [1.29, 1.82) is 0 Å². The first kappa shape index (κ1) is 21.8. The van der Waals surface area contributed by atoms with Crippen LogP contribution in [0.4, 0.5) is 13.2 Å². The highest BCUT2D eigenvalue weighted by Crippen LogP contribution is 2.27. The third-order valence-corrected chi connectivity index (χ3v) is 5.60. The third kappa shape index (κ3) is 4.60. The first-order valence-electron chi connectivity index (χ1n) is 9.48. The summed E-state index contributed by atoms with van der Waals surface area (Å²) < 4.78 is 47.2. The molecule has 0 amide bonds. The maximum Gasteiger partial charge on any atom is 0.289 e. The zero-order valence-electron chi connectivity index (χ0n) is 17.0. The Labute approximate surface area is 185 Å². The van der Waals surface area contributed by atoms with Gasteiger partial charge in [-0.1, -0.05) is 0 Å². The van der Waals surface area contributed by atoms with Crippen molar-refractivity contribution in [3.8, 4) is 11.4 Å². The molecule has 1 aromatic carbocycles. The Hall–Kier alpha value is -3.38. The normalized spacial score (nSPS) is 12.3. The van der Waals surface area contributed by atoms with Crippen LogP contribution in [0.25, 0.3) is 5.69 Å². The molecule has 0 aliphatic carbocycles. The second kappa shape index (κ2) is 9.40. The second-order valence-corrected chi connectivity index (χ2v) is 7.89. The molecule has 4 aromatic rings. The van der Waals surface area contributed by atoms with Crippen molar-refractivity contribution < 1.29 is 17.9 Å². The van der Waals surface area contributed by atoms with Gasteiger partial charge in [-0.05, 0) is 53.7 Å². The quantitative estimate of drug-likeness (QED) is 0.427. The summed E-state index contributed by atoms with van der Waals surface area (Å²) in [7, 11) is 1.56. The molecule has 0 fully saturated rings. The van der Waals surface area contributed by atoms with Gasteiger partial charge in [-0.3, -0.25) is 10.3 Å². The fourth-order valence-corrected chi connectivity index (χ4v) is 3.79. The fourth-order valence-electron chi connectivity index (χ4n) is 3.06. The average molecular weight is 461 g/mol. The molecule has 4 rings (SSSR count). The van der Waals surface area contributed by atoms with Crippen molar-refractivity contribution in [3.05, 3.63) is 75.5 Å². The molecule has 0 saturated heterocycles. The smallest absolute Gasteiger partial charge is 0.289 e. The number of rotatable bonds is 8. The average Bonchev–Trinajstić information content (AvgIpc) is 3.46. The molecule has 0 spiro atoms. The predicted molar refractivity (Wildman–Crippen MR) is 110 cm³/mol. The zero-order valence-corrected chi connectivity index (χ0v) is 17.9. The Morgan fingerprint density at radius 3 is 2.62 bits per heavy atom. The topological polar surface area (TPSA) is 90.6 Å². The number of aryl methyl sites for hydroxylation is 1. The van der Waals surface area contributed by atoms with Crippen LogP contribution in [0.5, 0.6) is 5.75 Å². The van der Waals surface area contributed by atoms with Crippen LogP contribution in [-0.2, 0) is 6.54 Å². The summed E-state index contributed by atoms with van der Waals surface area (Å²) in [5, 5.41) is 14.8. The molecule has 166 valence electrons. The molecule has 3 heterocycles. The molecule has 12 heteroatoms. The van der Waals surface area contributed by atoms with E-state index in [2.05, 4.69) is 30.8 Å². The number of alkyl halides is 2. The van der Waals surface area contributed by atoms with Gasteiger partial charge < -0.3 is 4.74 Å². The fraction of sp³-hybridized carbons (Fsp3) is 0.250. The number of halogens is 3. The SMILES string of the molecule is COc1ccc(-n2nnnc2C(NCc2cnc(C(F)F)s2)c2nc(C)ccc2F)cc1. The van der Waals surface area contributed by atoms with E-state index in [0.29, 0.717) is 22.0 Å². The van der Waals surface area contributed by atoms with Crippen molar-refractivity contribution in [1.82, 2.24) is 35.5 Å². The van der Waals surface area contributed by atoms with Gasteiger partial charge >= 0.3 is 0 Å². The highest BCUT2D eigenvalue weighted by atomic mass is 32.1. The lowest BCUT2D eigenvalue weighted by Gasteiger charge is -2.18. The summed E-state index contributed by atoms with van der Waals surface area (Å²) in [6, 6.07) is 9.03. The largest absolute Gasteiger partial charge is 0.497 e. The monoisotopic (exact) mass is 461 g/mol. The molecule has 1 unspecified atom stereocenters. The molecule has 0 bridgehead atoms. The molecular formula is C20H18F3N7OS. The van der Waals surface area contributed by atoms with Gasteiger partial charge in [0.25, 0.3) is 6.43 Å². The first-order valence-corrected chi connectivity index (χ1v) is 10.3. The molecule has 0 aliphatic heterocycles. The predicted octanol–water partition coefficient (Wildman–Crippen LogP) is 3.79. The van der Waals surface area contributed by atoms with Crippen LogP contribution in [0.3, 0.4) is 0 Å². The highest BCUT2D eigenvalue weighted by molar-refractivity contribution is 7.11. The van der Waals surface area contributed by atoms with Crippen molar-refractivity contribution in [2.45, 2.75) is 25.9 Å². The van der Waals surface area contributed by atoms with E-state index >= 15 is 0 Å². The van der Waals surface area contributed by atoms with E-state index in [4.69, 9.17) is 4.74 Å². The molecule has 0 radical (unpaired) electrons. The minimum absolute atomic E-state index is 0.0909. The number of nitrogens with one attached hydrogen (secondary N) is 1. The summed E-state index contributed by atoms with van der Waals surface area (Å²) in [4.78, 5) is 8.62. The van der Waals surface area contributed by atoms with Crippen molar-refractivity contribution in [2.75, 3.05) is 7.11 Å². The van der Waals surface area contributed by atoms with Crippen LogP contribution in [-0.4, -0.2) is 37.3 Å². The van der Waals surface area contributed by atoms with Crippen molar-refractivity contribution in [2.24, 2.45) is 0 Å². The van der Waals surface area contributed by atoms with E-state index in [9.17, 15) is 13.2 Å². The van der Waals surface area contributed by atoms with Crippen LogP contribution < -0.4 is 10.1 Å². The number of pyridine rings is 1. The lowest BCUT2D eigenvalue weighted by molar-refractivity contribution is 0.151. The molecule has 8 nitrogen and oxygen atoms in total. The van der Waals surface area contributed by atoms with E-state index in [1.165, 1.54) is 16.9 Å². The van der Waals surface area contributed by atoms with Crippen molar-refractivity contribution in [3.63, 3.8) is 0 Å². The Balaban J connectivity index is 1.71. The van der Waals surface area contributed by atoms with E-state index in [1.54, 1.807) is 44.4 Å². The standard InChI is InChI=1S/C20H18F3N7OS/c1-11-3-8-15(21)16(26-11)17(24-9-14-10-25-20(32-14)18(22)23)19-27-28-29-30(19)12-4-6-13(31-2)7-5-12/h3-8,10,17-18,24H,9H2,1-2H3. The molecule has 0 saturated carbocycles. The van der Waals surface area contributed by atoms with Gasteiger partial charge in [0.2, 0.25) is 0 Å². The van der Waals surface area contributed by atoms with E-state index < -0.39 is 18.3 Å². The van der Waals surface area contributed by atoms with Gasteiger partial charge in [0, 0.05) is 23.3 Å². The number of hydrogen-bond acceptors (Lipinski definition) is 8. The number of aromatic nitrogens is 6. The van der Waals surface area contributed by atoms with Crippen LogP contribution in [0.1, 0.15) is 39.6 Å². The molecule has 0 aliphatic rings. The number of methoxy groups -OCH3 is 1. The highest BCUT2D eigenvalue weighted by Gasteiger charge is 2.27.